The van der Waals surface area contributed by atoms with Gasteiger partial charge in [0.05, 0.1) is 12.9 Å². The Labute approximate surface area is 123 Å². The van der Waals surface area contributed by atoms with Crippen molar-refractivity contribution in [3.8, 4) is 5.75 Å². The van der Waals surface area contributed by atoms with E-state index in [1.165, 1.54) is 0 Å². The van der Waals surface area contributed by atoms with Gasteiger partial charge in [-0.25, -0.2) is 4.98 Å². The summed E-state index contributed by atoms with van der Waals surface area (Å²) in [6.07, 6.45) is 6.56. The number of ether oxygens (including phenoxy) is 1. The van der Waals surface area contributed by atoms with E-state index in [9.17, 15) is 4.79 Å². The number of rotatable bonds is 8. The van der Waals surface area contributed by atoms with Crippen molar-refractivity contribution in [3.63, 3.8) is 0 Å². The molecule has 0 radical (unpaired) electrons. The van der Waals surface area contributed by atoms with Crippen LogP contribution in [0.3, 0.4) is 0 Å². The highest BCUT2D eigenvalue weighted by Gasteiger charge is 2.03. The van der Waals surface area contributed by atoms with Crippen LogP contribution < -0.4 is 10.1 Å². The van der Waals surface area contributed by atoms with Gasteiger partial charge in [-0.1, -0.05) is 0 Å². The number of aromatic nitrogens is 2. The number of hydrogen-bond donors (Lipinski definition) is 2. The molecule has 1 aromatic carbocycles. The fraction of sp³-hybridized carbons (Fsp3) is 0.333. The quantitative estimate of drug-likeness (QED) is 0.775. The molecule has 6 heteroatoms. The van der Waals surface area contributed by atoms with Crippen LogP contribution in [0.4, 0.5) is 5.69 Å². The number of aliphatic hydroxyl groups excluding tert-OH is 1. The molecule has 112 valence electrons. The molecule has 0 saturated heterocycles. The van der Waals surface area contributed by atoms with E-state index < -0.39 is 0 Å². The van der Waals surface area contributed by atoms with Gasteiger partial charge in [-0.15, -0.1) is 0 Å². The normalized spacial score (nSPS) is 10.3. The van der Waals surface area contributed by atoms with Crippen LogP contribution >= 0.6 is 0 Å². The van der Waals surface area contributed by atoms with Crippen LogP contribution in [-0.2, 0) is 11.3 Å². The minimum Gasteiger partial charge on any atom is -0.491 e. The minimum absolute atomic E-state index is 0.0147. The summed E-state index contributed by atoms with van der Waals surface area (Å²) in [6.45, 7) is 1.02. The monoisotopic (exact) mass is 289 g/mol. The maximum absolute atomic E-state index is 11.8. The van der Waals surface area contributed by atoms with Crippen molar-refractivity contribution in [2.75, 3.05) is 18.5 Å². The Kier molecular flexibility index (Phi) is 5.78. The number of hydrogen-bond acceptors (Lipinski definition) is 4. The molecular formula is C15H19N3O3. The third-order valence-electron chi connectivity index (χ3n) is 2.88. The molecule has 0 atom stereocenters. The number of nitrogens with zero attached hydrogens (tertiary/aromatic N) is 2. The predicted molar refractivity (Wildman–Crippen MR) is 79.1 cm³/mol. The van der Waals surface area contributed by atoms with Gasteiger partial charge in [0, 0.05) is 31.0 Å². The summed E-state index contributed by atoms with van der Waals surface area (Å²) in [5.74, 6) is 0.654. The average molecular weight is 289 g/mol. The fourth-order valence-corrected chi connectivity index (χ4v) is 1.86. The van der Waals surface area contributed by atoms with Gasteiger partial charge in [-0.2, -0.15) is 0 Å². The zero-order valence-electron chi connectivity index (χ0n) is 11.7. The van der Waals surface area contributed by atoms with E-state index in [-0.39, 0.29) is 19.1 Å². The molecule has 2 rings (SSSR count). The van der Waals surface area contributed by atoms with Crippen LogP contribution in [0.25, 0.3) is 0 Å². The van der Waals surface area contributed by atoms with Crippen LogP contribution in [0, 0.1) is 0 Å². The molecule has 0 saturated carbocycles. The number of amides is 1. The smallest absolute Gasteiger partial charge is 0.224 e. The lowest BCUT2D eigenvalue weighted by Gasteiger charge is -2.07. The molecule has 1 heterocycles. The number of aliphatic hydroxyl groups is 1. The summed E-state index contributed by atoms with van der Waals surface area (Å²) >= 11 is 0. The molecule has 0 bridgehead atoms. The number of nitrogens with one attached hydrogen (secondary N) is 1. The molecule has 6 nitrogen and oxygen atoms in total. The van der Waals surface area contributed by atoms with E-state index in [4.69, 9.17) is 9.84 Å². The molecule has 1 amide bonds. The van der Waals surface area contributed by atoms with Crippen molar-refractivity contribution >= 4 is 11.6 Å². The maximum Gasteiger partial charge on any atom is 0.224 e. The number of aryl methyl sites for hydroxylation is 1. The summed E-state index contributed by atoms with van der Waals surface area (Å²) < 4.78 is 7.19. The van der Waals surface area contributed by atoms with E-state index in [2.05, 4.69) is 10.3 Å². The third kappa shape index (κ3) is 5.27. The number of anilines is 1. The molecule has 0 spiro atoms. The Morgan fingerprint density at radius 2 is 2.14 bits per heavy atom. The SMILES string of the molecule is O=C(CCCn1ccnc1)Nc1ccc(OCCO)cc1. The van der Waals surface area contributed by atoms with Crippen molar-refractivity contribution in [2.45, 2.75) is 19.4 Å². The molecule has 0 unspecified atom stereocenters. The van der Waals surface area contributed by atoms with E-state index in [1.807, 2.05) is 10.8 Å². The molecule has 21 heavy (non-hydrogen) atoms. The number of carbonyl (C=O) groups excluding carboxylic acids is 1. The molecular weight excluding hydrogens is 270 g/mol. The molecule has 0 aliphatic carbocycles. The van der Waals surface area contributed by atoms with Crippen LogP contribution in [0.5, 0.6) is 5.75 Å². The van der Waals surface area contributed by atoms with Gasteiger partial charge in [0.15, 0.2) is 0 Å². The molecule has 0 aliphatic heterocycles. The number of imidazole rings is 1. The lowest BCUT2D eigenvalue weighted by molar-refractivity contribution is -0.116. The summed E-state index contributed by atoms with van der Waals surface area (Å²) in [6, 6.07) is 7.08. The largest absolute Gasteiger partial charge is 0.491 e. The molecule has 0 fully saturated rings. The van der Waals surface area contributed by atoms with E-state index >= 15 is 0 Å². The van der Waals surface area contributed by atoms with Gasteiger partial charge in [-0.05, 0) is 30.7 Å². The van der Waals surface area contributed by atoms with Gasteiger partial charge >= 0.3 is 0 Å². The molecule has 1 aromatic heterocycles. The first kappa shape index (κ1) is 15.1. The lowest BCUT2D eigenvalue weighted by atomic mass is 10.2. The van der Waals surface area contributed by atoms with E-state index in [0.29, 0.717) is 12.2 Å². The van der Waals surface area contributed by atoms with E-state index in [0.717, 1.165) is 18.7 Å². The first-order valence-electron chi connectivity index (χ1n) is 6.87. The number of benzene rings is 1. The van der Waals surface area contributed by atoms with Crippen molar-refractivity contribution in [3.05, 3.63) is 43.0 Å². The fourth-order valence-electron chi connectivity index (χ4n) is 1.86. The highest BCUT2D eigenvalue weighted by molar-refractivity contribution is 5.90. The molecule has 2 N–H and O–H groups in total. The maximum atomic E-state index is 11.8. The Hall–Kier alpha value is -2.34. The first-order chi connectivity index (χ1) is 10.3. The van der Waals surface area contributed by atoms with Gasteiger partial charge in [0.2, 0.25) is 5.91 Å². The van der Waals surface area contributed by atoms with Crippen molar-refractivity contribution in [1.29, 1.82) is 0 Å². The van der Waals surface area contributed by atoms with Crippen LogP contribution in [0.15, 0.2) is 43.0 Å². The second kappa shape index (κ2) is 8.06. The Balaban J connectivity index is 1.71. The van der Waals surface area contributed by atoms with Gasteiger partial charge in [0.25, 0.3) is 0 Å². The highest BCUT2D eigenvalue weighted by Crippen LogP contribution is 2.15. The van der Waals surface area contributed by atoms with Crippen LogP contribution in [0.1, 0.15) is 12.8 Å². The van der Waals surface area contributed by atoms with Gasteiger partial charge in [0.1, 0.15) is 12.4 Å². The van der Waals surface area contributed by atoms with Gasteiger partial charge < -0.3 is 19.7 Å². The first-order valence-corrected chi connectivity index (χ1v) is 6.87. The summed E-state index contributed by atoms with van der Waals surface area (Å²) in [7, 11) is 0. The zero-order chi connectivity index (χ0) is 14.9. The molecule has 0 aliphatic rings. The Morgan fingerprint density at radius 1 is 1.33 bits per heavy atom. The summed E-state index contributed by atoms with van der Waals surface area (Å²) in [5, 5.41) is 11.5. The zero-order valence-corrected chi connectivity index (χ0v) is 11.7. The summed E-state index contributed by atoms with van der Waals surface area (Å²) in [4.78, 5) is 15.7. The van der Waals surface area contributed by atoms with Crippen molar-refractivity contribution in [1.82, 2.24) is 9.55 Å². The lowest BCUT2D eigenvalue weighted by Crippen LogP contribution is -2.12. The Morgan fingerprint density at radius 3 is 2.81 bits per heavy atom. The minimum atomic E-state index is -0.0185. The van der Waals surface area contributed by atoms with Gasteiger partial charge in [-0.3, -0.25) is 4.79 Å². The van der Waals surface area contributed by atoms with Crippen LogP contribution in [0.2, 0.25) is 0 Å². The average Bonchev–Trinajstić information content (AvgIpc) is 3.00. The topological polar surface area (TPSA) is 76.4 Å². The predicted octanol–water partition coefficient (Wildman–Crippen LogP) is 1.67. The van der Waals surface area contributed by atoms with Crippen molar-refractivity contribution in [2.24, 2.45) is 0 Å². The van der Waals surface area contributed by atoms with E-state index in [1.54, 1.807) is 36.8 Å². The van der Waals surface area contributed by atoms with Crippen LogP contribution in [-0.4, -0.2) is 33.8 Å². The third-order valence-corrected chi connectivity index (χ3v) is 2.88. The second-order valence-electron chi connectivity index (χ2n) is 4.55. The summed E-state index contributed by atoms with van der Waals surface area (Å²) in [5.41, 5.74) is 0.735. The Bertz CT molecular complexity index is 538. The highest BCUT2D eigenvalue weighted by atomic mass is 16.5. The second-order valence-corrected chi connectivity index (χ2v) is 4.55. The standard InChI is InChI=1S/C15H19N3O3/c19-10-11-21-14-5-3-13(4-6-14)17-15(20)2-1-8-18-9-7-16-12-18/h3-7,9,12,19H,1-2,8,10-11H2,(H,17,20). The van der Waals surface area contributed by atoms with Crippen molar-refractivity contribution < 1.29 is 14.6 Å². The number of carbonyl (C=O) groups is 1. The molecule has 2 aromatic rings.